The first-order valence-corrected chi connectivity index (χ1v) is 7.54. The van der Waals surface area contributed by atoms with Gasteiger partial charge in [0.15, 0.2) is 0 Å². The van der Waals surface area contributed by atoms with Gasteiger partial charge in [0.05, 0.1) is 10.4 Å². The molecule has 1 saturated carbocycles. The summed E-state index contributed by atoms with van der Waals surface area (Å²) in [6.45, 7) is 4.22. The fourth-order valence-corrected chi connectivity index (χ4v) is 2.98. The van der Waals surface area contributed by atoms with Gasteiger partial charge in [-0.1, -0.05) is 51.2 Å². The van der Waals surface area contributed by atoms with E-state index in [0.29, 0.717) is 4.99 Å². The minimum absolute atomic E-state index is 0.0540. The van der Waals surface area contributed by atoms with E-state index in [1.807, 2.05) is 0 Å². The van der Waals surface area contributed by atoms with Crippen LogP contribution in [-0.4, -0.2) is 16.9 Å². The Kier molecular flexibility index (Phi) is 6.06. The average Bonchev–Trinajstić information content (AvgIpc) is 2.36. The normalized spacial score (nSPS) is 20.1. The first-order chi connectivity index (χ1) is 8.53. The van der Waals surface area contributed by atoms with E-state index in [9.17, 15) is 4.79 Å². The number of carbonyl (C=O) groups is 1. The SMILES string of the molecule is CCCCC(C)NC(=O)C1(C(N)=S)CCCCC1. The molecule has 0 bridgehead atoms. The molecular weight excluding hydrogens is 244 g/mol. The maximum atomic E-state index is 12.5. The van der Waals surface area contributed by atoms with Crippen LogP contribution < -0.4 is 11.1 Å². The van der Waals surface area contributed by atoms with Crippen molar-refractivity contribution in [3.05, 3.63) is 0 Å². The zero-order valence-corrected chi connectivity index (χ0v) is 12.4. The number of carbonyl (C=O) groups excluding carboxylic acids is 1. The smallest absolute Gasteiger partial charge is 0.233 e. The molecule has 0 heterocycles. The van der Waals surface area contributed by atoms with Gasteiger partial charge in [-0.25, -0.2) is 0 Å². The highest BCUT2D eigenvalue weighted by Gasteiger charge is 2.42. The quantitative estimate of drug-likeness (QED) is 0.730. The van der Waals surface area contributed by atoms with E-state index < -0.39 is 5.41 Å². The highest BCUT2D eigenvalue weighted by molar-refractivity contribution is 7.80. The van der Waals surface area contributed by atoms with Crippen molar-refractivity contribution in [1.29, 1.82) is 0 Å². The van der Waals surface area contributed by atoms with Crippen molar-refractivity contribution < 1.29 is 4.79 Å². The molecular formula is C14H26N2OS. The Labute approximate surface area is 116 Å². The number of hydrogen-bond acceptors (Lipinski definition) is 2. The number of nitrogens with one attached hydrogen (secondary N) is 1. The zero-order chi connectivity index (χ0) is 13.6. The Hall–Kier alpha value is -0.640. The summed E-state index contributed by atoms with van der Waals surface area (Å²) in [7, 11) is 0. The van der Waals surface area contributed by atoms with Crippen LogP contribution in [0.2, 0.25) is 0 Å². The van der Waals surface area contributed by atoms with E-state index in [4.69, 9.17) is 18.0 Å². The predicted octanol–water partition coefficient (Wildman–Crippen LogP) is 2.92. The summed E-state index contributed by atoms with van der Waals surface area (Å²) in [4.78, 5) is 12.8. The number of thiocarbonyl (C=S) groups is 1. The molecule has 0 radical (unpaired) electrons. The lowest BCUT2D eigenvalue weighted by atomic mass is 9.73. The molecule has 0 aromatic heterocycles. The van der Waals surface area contributed by atoms with Crippen LogP contribution in [0.15, 0.2) is 0 Å². The maximum absolute atomic E-state index is 12.5. The van der Waals surface area contributed by atoms with Crippen LogP contribution in [0.5, 0.6) is 0 Å². The molecule has 3 nitrogen and oxygen atoms in total. The minimum atomic E-state index is -0.575. The molecule has 0 aromatic carbocycles. The summed E-state index contributed by atoms with van der Waals surface area (Å²) in [5.41, 5.74) is 5.27. The van der Waals surface area contributed by atoms with Crippen LogP contribution in [0.1, 0.15) is 65.2 Å². The van der Waals surface area contributed by atoms with Crippen LogP contribution in [0.3, 0.4) is 0 Å². The Morgan fingerprint density at radius 2 is 2.00 bits per heavy atom. The van der Waals surface area contributed by atoms with Gasteiger partial charge in [-0.3, -0.25) is 4.79 Å². The van der Waals surface area contributed by atoms with E-state index in [2.05, 4.69) is 19.2 Å². The molecule has 104 valence electrons. The standard InChI is InChI=1S/C14H26N2OS/c1-3-4-8-11(2)16-13(17)14(12(15)18)9-6-5-7-10-14/h11H,3-10H2,1-2H3,(H2,15,18)(H,16,17). The molecule has 1 rings (SSSR count). The second-order valence-electron chi connectivity index (χ2n) is 5.52. The van der Waals surface area contributed by atoms with Crippen molar-refractivity contribution in [3.8, 4) is 0 Å². The molecule has 18 heavy (non-hydrogen) atoms. The van der Waals surface area contributed by atoms with Crippen LogP contribution in [0, 0.1) is 5.41 Å². The molecule has 1 aliphatic carbocycles. The van der Waals surface area contributed by atoms with E-state index in [0.717, 1.165) is 44.9 Å². The van der Waals surface area contributed by atoms with Gasteiger partial charge >= 0.3 is 0 Å². The molecule has 1 fully saturated rings. The minimum Gasteiger partial charge on any atom is -0.392 e. The summed E-state index contributed by atoms with van der Waals surface area (Å²) in [6.07, 6.45) is 8.23. The molecule has 4 heteroatoms. The number of rotatable bonds is 6. The van der Waals surface area contributed by atoms with Gasteiger partial charge in [0.25, 0.3) is 0 Å². The third-order valence-corrected chi connectivity index (χ3v) is 4.37. The lowest BCUT2D eigenvalue weighted by molar-refractivity contribution is -0.129. The highest BCUT2D eigenvalue weighted by Crippen LogP contribution is 2.37. The lowest BCUT2D eigenvalue weighted by Gasteiger charge is -2.35. The average molecular weight is 270 g/mol. The Morgan fingerprint density at radius 1 is 1.39 bits per heavy atom. The summed E-state index contributed by atoms with van der Waals surface area (Å²) < 4.78 is 0. The van der Waals surface area contributed by atoms with Crippen LogP contribution in [0.4, 0.5) is 0 Å². The Balaban J connectivity index is 2.63. The van der Waals surface area contributed by atoms with Gasteiger partial charge in [-0.15, -0.1) is 0 Å². The largest absolute Gasteiger partial charge is 0.392 e. The molecule has 0 saturated heterocycles. The molecule has 0 spiro atoms. The van der Waals surface area contributed by atoms with E-state index in [-0.39, 0.29) is 11.9 Å². The molecule has 3 N–H and O–H groups in total. The molecule has 1 aliphatic rings. The second-order valence-corrected chi connectivity index (χ2v) is 5.96. The van der Waals surface area contributed by atoms with Crippen LogP contribution in [-0.2, 0) is 4.79 Å². The van der Waals surface area contributed by atoms with Crippen molar-refractivity contribution in [3.63, 3.8) is 0 Å². The lowest BCUT2D eigenvalue weighted by Crippen LogP contribution is -2.52. The number of hydrogen-bond donors (Lipinski definition) is 2. The number of amides is 1. The molecule has 1 amide bonds. The molecule has 0 aliphatic heterocycles. The fraction of sp³-hybridized carbons (Fsp3) is 0.857. The fourth-order valence-electron chi connectivity index (χ4n) is 2.69. The van der Waals surface area contributed by atoms with Gasteiger partial charge < -0.3 is 11.1 Å². The first-order valence-electron chi connectivity index (χ1n) is 7.14. The third kappa shape index (κ3) is 3.67. The second kappa shape index (κ2) is 7.07. The molecule has 1 unspecified atom stereocenters. The Morgan fingerprint density at radius 3 is 2.50 bits per heavy atom. The van der Waals surface area contributed by atoms with Gasteiger partial charge in [-0.05, 0) is 26.2 Å². The van der Waals surface area contributed by atoms with E-state index in [1.54, 1.807) is 0 Å². The molecule has 1 atom stereocenters. The predicted molar refractivity (Wildman–Crippen MR) is 79.4 cm³/mol. The summed E-state index contributed by atoms with van der Waals surface area (Å²) >= 11 is 5.16. The Bertz CT molecular complexity index is 298. The van der Waals surface area contributed by atoms with Crippen LogP contribution >= 0.6 is 12.2 Å². The van der Waals surface area contributed by atoms with Gasteiger partial charge in [0.1, 0.15) is 0 Å². The number of nitrogens with two attached hydrogens (primary N) is 1. The van der Waals surface area contributed by atoms with Crippen molar-refractivity contribution in [1.82, 2.24) is 5.32 Å². The van der Waals surface area contributed by atoms with Crippen LogP contribution in [0.25, 0.3) is 0 Å². The van der Waals surface area contributed by atoms with Crippen molar-refractivity contribution >= 4 is 23.1 Å². The summed E-state index contributed by atoms with van der Waals surface area (Å²) in [5.74, 6) is 0.0540. The maximum Gasteiger partial charge on any atom is 0.233 e. The van der Waals surface area contributed by atoms with Crippen molar-refractivity contribution in [2.75, 3.05) is 0 Å². The monoisotopic (exact) mass is 270 g/mol. The van der Waals surface area contributed by atoms with Gasteiger partial charge in [0, 0.05) is 6.04 Å². The summed E-state index contributed by atoms with van der Waals surface area (Å²) in [5, 5.41) is 3.10. The van der Waals surface area contributed by atoms with E-state index in [1.165, 1.54) is 6.42 Å². The topological polar surface area (TPSA) is 55.1 Å². The third-order valence-electron chi connectivity index (χ3n) is 3.98. The van der Waals surface area contributed by atoms with Gasteiger partial charge in [0.2, 0.25) is 5.91 Å². The highest BCUT2D eigenvalue weighted by atomic mass is 32.1. The van der Waals surface area contributed by atoms with Crippen molar-refractivity contribution in [2.24, 2.45) is 11.1 Å². The number of unbranched alkanes of at least 4 members (excludes halogenated alkanes) is 1. The van der Waals surface area contributed by atoms with Crippen molar-refractivity contribution in [2.45, 2.75) is 71.3 Å². The van der Waals surface area contributed by atoms with Gasteiger partial charge in [-0.2, -0.15) is 0 Å². The molecule has 0 aromatic rings. The first kappa shape index (κ1) is 15.4. The zero-order valence-electron chi connectivity index (χ0n) is 11.6. The van der Waals surface area contributed by atoms with E-state index >= 15 is 0 Å². The summed E-state index contributed by atoms with van der Waals surface area (Å²) in [6, 6.07) is 0.214.